The largest absolute Gasteiger partial charge is 0.351 e. The number of piperazine rings is 1. The third-order valence-electron chi connectivity index (χ3n) is 2.95. The van der Waals surface area contributed by atoms with Gasteiger partial charge in [-0.2, -0.15) is 0 Å². The van der Waals surface area contributed by atoms with Crippen LogP contribution in [-0.2, 0) is 0 Å². The van der Waals surface area contributed by atoms with E-state index in [0.29, 0.717) is 19.6 Å². The van der Waals surface area contributed by atoms with E-state index in [1.807, 2.05) is 0 Å². The Bertz CT molecular complexity index is 209. The first kappa shape index (κ1) is 11.3. The molecule has 0 saturated carbocycles. The molecule has 82 valence electrons. The highest BCUT2D eigenvalue weighted by atomic mass is 16.2. The summed E-state index contributed by atoms with van der Waals surface area (Å²) >= 11 is 0. The molecule has 1 rings (SSSR count). The monoisotopic (exact) mass is 200 g/mol. The average molecular weight is 200 g/mol. The Balaban J connectivity index is 2.47. The van der Waals surface area contributed by atoms with Gasteiger partial charge in [-0.1, -0.05) is 0 Å². The lowest BCUT2D eigenvalue weighted by atomic mass is 10.0. The first-order valence-corrected chi connectivity index (χ1v) is 4.97. The van der Waals surface area contributed by atoms with E-state index in [0.717, 1.165) is 13.1 Å². The van der Waals surface area contributed by atoms with Gasteiger partial charge in [0, 0.05) is 38.3 Å². The Labute approximate surface area is 85.0 Å². The Morgan fingerprint density at radius 1 is 1.29 bits per heavy atom. The molecule has 0 aromatic rings. The molecule has 0 aromatic carbocycles. The fourth-order valence-corrected chi connectivity index (χ4v) is 1.66. The van der Waals surface area contributed by atoms with Crippen molar-refractivity contribution in [3.05, 3.63) is 0 Å². The first-order valence-electron chi connectivity index (χ1n) is 4.97. The molecule has 0 unspecified atom stereocenters. The Morgan fingerprint density at radius 2 is 1.79 bits per heavy atom. The van der Waals surface area contributed by atoms with Crippen molar-refractivity contribution in [3.8, 4) is 0 Å². The molecule has 0 aromatic heterocycles. The Hall–Kier alpha value is -0.810. The van der Waals surface area contributed by atoms with Crippen molar-refractivity contribution in [3.63, 3.8) is 0 Å². The Morgan fingerprint density at radius 3 is 2.14 bits per heavy atom. The number of hydrogen-bond acceptors (Lipinski definition) is 3. The molecule has 1 aliphatic rings. The molecule has 14 heavy (non-hydrogen) atoms. The molecule has 0 bridgehead atoms. The van der Waals surface area contributed by atoms with Crippen LogP contribution >= 0.6 is 0 Å². The second kappa shape index (κ2) is 4.14. The van der Waals surface area contributed by atoms with E-state index in [1.54, 1.807) is 4.90 Å². The summed E-state index contributed by atoms with van der Waals surface area (Å²) in [5.41, 5.74) is 10.9. The lowest BCUT2D eigenvalue weighted by Gasteiger charge is -2.43. The number of carbonyl (C=O) groups is 1. The quantitative estimate of drug-likeness (QED) is 0.626. The highest BCUT2D eigenvalue weighted by Crippen LogP contribution is 2.15. The summed E-state index contributed by atoms with van der Waals surface area (Å²) in [5.74, 6) is 0. The summed E-state index contributed by atoms with van der Waals surface area (Å²) in [6, 6.07) is -0.324. The van der Waals surface area contributed by atoms with Crippen LogP contribution in [0.15, 0.2) is 0 Å². The molecule has 0 spiro atoms. The number of urea groups is 1. The third-order valence-corrected chi connectivity index (χ3v) is 2.95. The molecule has 1 heterocycles. The van der Waals surface area contributed by atoms with Crippen LogP contribution in [0.25, 0.3) is 0 Å². The maximum Gasteiger partial charge on any atom is 0.314 e. The predicted octanol–water partition coefficient (Wildman–Crippen LogP) is -0.580. The molecule has 5 heteroatoms. The van der Waals surface area contributed by atoms with E-state index in [4.69, 9.17) is 11.5 Å². The first-order chi connectivity index (χ1) is 6.47. The lowest BCUT2D eigenvalue weighted by Crippen LogP contribution is -2.58. The molecular formula is C9H20N4O. The molecule has 2 amide bonds. The number of carbonyl (C=O) groups excluding carboxylic acids is 1. The van der Waals surface area contributed by atoms with Crippen molar-refractivity contribution in [2.24, 2.45) is 11.5 Å². The van der Waals surface area contributed by atoms with Crippen LogP contribution in [0.2, 0.25) is 0 Å². The van der Waals surface area contributed by atoms with Gasteiger partial charge in [-0.3, -0.25) is 4.90 Å². The maximum absolute atomic E-state index is 10.9. The van der Waals surface area contributed by atoms with Gasteiger partial charge in [-0.05, 0) is 13.8 Å². The second-order valence-corrected chi connectivity index (χ2v) is 4.33. The van der Waals surface area contributed by atoms with Crippen molar-refractivity contribution < 1.29 is 4.79 Å². The zero-order valence-corrected chi connectivity index (χ0v) is 8.99. The summed E-state index contributed by atoms with van der Waals surface area (Å²) in [6.07, 6.45) is 0. The van der Waals surface area contributed by atoms with Crippen LogP contribution in [0.3, 0.4) is 0 Å². The molecule has 1 fully saturated rings. The average Bonchev–Trinajstić information content (AvgIpc) is 2.18. The summed E-state index contributed by atoms with van der Waals surface area (Å²) in [7, 11) is 0. The fraction of sp³-hybridized carbons (Fsp3) is 0.889. The van der Waals surface area contributed by atoms with Gasteiger partial charge in [-0.15, -0.1) is 0 Å². The number of nitrogens with zero attached hydrogens (tertiary/aromatic N) is 2. The predicted molar refractivity (Wildman–Crippen MR) is 55.9 cm³/mol. The minimum atomic E-state index is -0.324. The maximum atomic E-state index is 10.9. The number of amides is 2. The van der Waals surface area contributed by atoms with Crippen molar-refractivity contribution in [1.82, 2.24) is 9.80 Å². The fourth-order valence-electron chi connectivity index (χ4n) is 1.66. The van der Waals surface area contributed by atoms with E-state index < -0.39 is 0 Å². The van der Waals surface area contributed by atoms with E-state index >= 15 is 0 Å². The smallest absolute Gasteiger partial charge is 0.314 e. The van der Waals surface area contributed by atoms with Crippen molar-refractivity contribution in [2.75, 3.05) is 32.7 Å². The van der Waals surface area contributed by atoms with E-state index in [9.17, 15) is 4.79 Å². The number of rotatable bonds is 2. The van der Waals surface area contributed by atoms with Gasteiger partial charge in [0.15, 0.2) is 0 Å². The minimum Gasteiger partial charge on any atom is -0.351 e. The van der Waals surface area contributed by atoms with Crippen LogP contribution in [0.4, 0.5) is 4.79 Å². The Kier molecular flexibility index (Phi) is 3.34. The SMILES string of the molecule is CC(C)(CN)N1CCN(C(N)=O)CC1. The van der Waals surface area contributed by atoms with Crippen LogP contribution in [0, 0.1) is 0 Å². The van der Waals surface area contributed by atoms with Gasteiger partial charge in [0.2, 0.25) is 0 Å². The van der Waals surface area contributed by atoms with Crippen molar-refractivity contribution in [1.29, 1.82) is 0 Å². The van der Waals surface area contributed by atoms with Crippen LogP contribution in [-0.4, -0.2) is 54.1 Å². The molecular weight excluding hydrogens is 180 g/mol. The summed E-state index contributed by atoms with van der Waals surface area (Å²) in [6.45, 7) is 7.99. The second-order valence-electron chi connectivity index (χ2n) is 4.33. The molecule has 4 N–H and O–H groups in total. The number of primary amides is 1. The summed E-state index contributed by atoms with van der Waals surface area (Å²) < 4.78 is 0. The molecule has 1 saturated heterocycles. The lowest BCUT2D eigenvalue weighted by molar-refractivity contribution is 0.0706. The number of hydrogen-bond donors (Lipinski definition) is 2. The highest BCUT2D eigenvalue weighted by Gasteiger charge is 2.29. The van der Waals surface area contributed by atoms with E-state index in [-0.39, 0.29) is 11.6 Å². The van der Waals surface area contributed by atoms with Gasteiger partial charge in [0.05, 0.1) is 0 Å². The molecule has 0 aliphatic carbocycles. The molecule has 1 aliphatic heterocycles. The standard InChI is InChI=1S/C9H20N4O/c1-9(2,7-10)13-5-3-12(4-6-13)8(11)14/h3-7,10H2,1-2H3,(H2,11,14). The van der Waals surface area contributed by atoms with Gasteiger partial charge in [0.25, 0.3) is 0 Å². The van der Waals surface area contributed by atoms with Gasteiger partial charge in [0.1, 0.15) is 0 Å². The minimum absolute atomic E-state index is 0.0176. The van der Waals surface area contributed by atoms with E-state index in [1.165, 1.54) is 0 Å². The molecule has 0 radical (unpaired) electrons. The topological polar surface area (TPSA) is 75.6 Å². The van der Waals surface area contributed by atoms with Crippen LogP contribution < -0.4 is 11.5 Å². The zero-order chi connectivity index (χ0) is 10.8. The highest BCUT2D eigenvalue weighted by molar-refractivity contribution is 5.72. The molecule has 0 atom stereocenters. The van der Waals surface area contributed by atoms with Gasteiger partial charge >= 0.3 is 6.03 Å². The number of nitrogens with two attached hydrogens (primary N) is 2. The van der Waals surface area contributed by atoms with Crippen LogP contribution in [0.1, 0.15) is 13.8 Å². The summed E-state index contributed by atoms with van der Waals surface area (Å²) in [4.78, 5) is 14.9. The van der Waals surface area contributed by atoms with Crippen molar-refractivity contribution in [2.45, 2.75) is 19.4 Å². The third kappa shape index (κ3) is 2.36. The van der Waals surface area contributed by atoms with Gasteiger partial charge in [-0.25, -0.2) is 4.79 Å². The van der Waals surface area contributed by atoms with Crippen molar-refractivity contribution >= 4 is 6.03 Å². The zero-order valence-electron chi connectivity index (χ0n) is 8.99. The summed E-state index contributed by atoms with van der Waals surface area (Å²) in [5, 5.41) is 0. The molecule has 5 nitrogen and oxygen atoms in total. The van der Waals surface area contributed by atoms with Crippen LogP contribution in [0.5, 0.6) is 0 Å². The normalized spacial score (nSPS) is 19.8. The van der Waals surface area contributed by atoms with Gasteiger partial charge < -0.3 is 16.4 Å². The van der Waals surface area contributed by atoms with E-state index in [2.05, 4.69) is 18.7 Å².